The lowest BCUT2D eigenvalue weighted by atomic mass is 10.3. The van der Waals surface area contributed by atoms with E-state index in [4.69, 9.17) is 4.74 Å². The van der Waals surface area contributed by atoms with Crippen LogP contribution in [0.1, 0.15) is 23.1 Å². The molecule has 0 radical (unpaired) electrons. The predicted octanol–water partition coefficient (Wildman–Crippen LogP) is 1.87. The molecule has 1 amide bonds. The number of amides is 1. The third-order valence-corrected chi connectivity index (χ3v) is 2.64. The summed E-state index contributed by atoms with van der Waals surface area (Å²) in [6, 6.07) is 5.11. The van der Waals surface area contributed by atoms with E-state index in [2.05, 4.69) is 25.6 Å². The summed E-state index contributed by atoms with van der Waals surface area (Å²) in [6.45, 7) is 4.58. The van der Waals surface area contributed by atoms with Crippen LogP contribution in [0.25, 0.3) is 0 Å². The largest absolute Gasteiger partial charge is 0.481 e. The second kappa shape index (κ2) is 6.65. The van der Waals surface area contributed by atoms with Crippen LogP contribution in [0.4, 0.5) is 11.6 Å². The molecule has 0 aliphatic heterocycles. The average Bonchev–Trinajstić information content (AvgIpc) is 2.47. The molecule has 2 rings (SSSR count). The van der Waals surface area contributed by atoms with E-state index in [1.807, 2.05) is 6.92 Å². The first-order chi connectivity index (χ1) is 10.1. The zero-order valence-electron chi connectivity index (χ0n) is 12.2. The van der Waals surface area contributed by atoms with Crippen molar-refractivity contribution in [2.45, 2.75) is 13.8 Å². The lowest BCUT2D eigenvalue weighted by Crippen LogP contribution is -2.16. The second-order valence-corrected chi connectivity index (χ2v) is 4.29. The van der Waals surface area contributed by atoms with E-state index in [-0.39, 0.29) is 11.9 Å². The first-order valence-electron chi connectivity index (χ1n) is 6.53. The van der Waals surface area contributed by atoms with Crippen molar-refractivity contribution in [2.24, 2.45) is 0 Å². The van der Waals surface area contributed by atoms with Gasteiger partial charge in [-0.25, -0.2) is 9.97 Å². The number of carbonyl (C=O) groups excluding carboxylic acids is 1. The van der Waals surface area contributed by atoms with Crippen LogP contribution in [0.5, 0.6) is 5.88 Å². The van der Waals surface area contributed by atoms with Crippen molar-refractivity contribution in [3.8, 4) is 5.88 Å². The minimum atomic E-state index is -0.370. The lowest BCUT2D eigenvalue weighted by molar-refractivity contribution is 0.102. The van der Waals surface area contributed by atoms with E-state index in [0.717, 1.165) is 12.2 Å². The van der Waals surface area contributed by atoms with Crippen LogP contribution in [0.15, 0.2) is 24.4 Å². The highest BCUT2D eigenvalue weighted by Crippen LogP contribution is 2.12. The third-order valence-electron chi connectivity index (χ3n) is 2.64. The van der Waals surface area contributed by atoms with Crippen molar-refractivity contribution < 1.29 is 9.53 Å². The molecule has 0 bridgehead atoms. The molecule has 0 saturated carbocycles. The van der Waals surface area contributed by atoms with Crippen LogP contribution in [0, 0.1) is 6.92 Å². The van der Waals surface area contributed by atoms with Crippen molar-refractivity contribution in [3.63, 3.8) is 0 Å². The number of anilines is 2. The Bertz CT molecular complexity index is 628. The summed E-state index contributed by atoms with van der Waals surface area (Å²) in [6.07, 6.45) is 1.61. The summed E-state index contributed by atoms with van der Waals surface area (Å²) in [4.78, 5) is 24.4. The van der Waals surface area contributed by atoms with Crippen molar-refractivity contribution in [3.05, 3.63) is 35.8 Å². The fraction of sp³-hybridized carbons (Fsp3) is 0.286. The standard InChI is InChI=1S/C14H17N5O2/c1-4-15-10-5-6-11(16-8-10)13(20)19-14-17-9(2)7-12(18-14)21-3/h5-8,15H,4H2,1-3H3,(H,17,18,19,20). The van der Waals surface area contributed by atoms with Crippen molar-refractivity contribution in [1.29, 1.82) is 0 Å². The van der Waals surface area contributed by atoms with E-state index < -0.39 is 0 Å². The van der Waals surface area contributed by atoms with Crippen LogP contribution < -0.4 is 15.4 Å². The number of ether oxygens (including phenoxy) is 1. The first-order valence-corrected chi connectivity index (χ1v) is 6.53. The number of nitrogens with one attached hydrogen (secondary N) is 2. The van der Waals surface area contributed by atoms with Gasteiger partial charge in [-0.2, -0.15) is 4.98 Å². The molecule has 0 aliphatic carbocycles. The van der Waals surface area contributed by atoms with Crippen molar-refractivity contribution in [2.75, 3.05) is 24.3 Å². The van der Waals surface area contributed by atoms with Crippen LogP contribution in [-0.4, -0.2) is 34.5 Å². The topological polar surface area (TPSA) is 89.0 Å². The molecule has 7 heteroatoms. The summed E-state index contributed by atoms with van der Waals surface area (Å²) < 4.78 is 5.04. The smallest absolute Gasteiger partial charge is 0.276 e. The fourth-order valence-electron chi connectivity index (χ4n) is 1.70. The Balaban J connectivity index is 2.12. The van der Waals surface area contributed by atoms with Crippen molar-refractivity contribution in [1.82, 2.24) is 15.0 Å². The molecule has 110 valence electrons. The zero-order chi connectivity index (χ0) is 15.2. The van der Waals surface area contributed by atoms with Gasteiger partial charge in [0.05, 0.1) is 19.0 Å². The number of pyridine rings is 1. The summed E-state index contributed by atoms with van der Waals surface area (Å²) in [5, 5.41) is 5.71. The van der Waals surface area contributed by atoms with Gasteiger partial charge in [-0.1, -0.05) is 0 Å². The lowest BCUT2D eigenvalue weighted by Gasteiger charge is -2.07. The number of hydrogen-bond donors (Lipinski definition) is 2. The molecule has 2 aromatic rings. The zero-order valence-corrected chi connectivity index (χ0v) is 12.2. The van der Waals surface area contributed by atoms with Crippen LogP contribution >= 0.6 is 0 Å². The number of aryl methyl sites for hydroxylation is 1. The molecular weight excluding hydrogens is 270 g/mol. The number of nitrogens with zero attached hydrogens (tertiary/aromatic N) is 3. The van der Waals surface area contributed by atoms with E-state index in [9.17, 15) is 4.79 Å². The second-order valence-electron chi connectivity index (χ2n) is 4.29. The first kappa shape index (κ1) is 14.7. The Labute approximate surface area is 122 Å². The van der Waals surface area contributed by atoms with E-state index in [0.29, 0.717) is 17.3 Å². The maximum atomic E-state index is 12.1. The number of rotatable bonds is 5. The van der Waals surface area contributed by atoms with Gasteiger partial charge in [-0.3, -0.25) is 10.1 Å². The molecule has 2 heterocycles. The molecule has 0 spiro atoms. The Morgan fingerprint density at radius 3 is 2.76 bits per heavy atom. The predicted molar refractivity (Wildman–Crippen MR) is 79.7 cm³/mol. The third kappa shape index (κ3) is 3.88. The summed E-state index contributed by atoms with van der Waals surface area (Å²) >= 11 is 0. The molecule has 0 saturated heterocycles. The molecule has 0 fully saturated rings. The summed E-state index contributed by atoms with van der Waals surface area (Å²) in [5.41, 5.74) is 1.86. The van der Waals surface area contributed by atoms with Gasteiger partial charge in [0.15, 0.2) is 0 Å². The molecule has 21 heavy (non-hydrogen) atoms. The van der Waals surface area contributed by atoms with Gasteiger partial charge in [0, 0.05) is 18.3 Å². The summed E-state index contributed by atoms with van der Waals surface area (Å²) in [5.74, 6) is 0.216. The van der Waals surface area contributed by atoms with Crippen molar-refractivity contribution >= 4 is 17.5 Å². The highest BCUT2D eigenvalue weighted by atomic mass is 16.5. The Hall–Kier alpha value is -2.70. The van der Waals surface area contributed by atoms with Gasteiger partial charge in [0.2, 0.25) is 11.8 Å². The maximum Gasteiger partial charge on any atom is 0.276 e. The number of hydrogen-bond acceptors (Lipinski definition) is 6. The van der Waals surface area contributed by atoms with E-state index in [1.165, 1.54) is 7.11 Å². The van der Waals surface area contributed by atoms with Crippen LogP contribution in [0.2, 0.25) is 0 Å². The van der Waals surface area contributed by atoms with Gasteiger partial charge in [-0.15, -0.1) is 0 Å². The van der Waals surface area contributed by atoms with Gasteiger partial charge >= 0.3 is 0 Å². The minimum Gasteiger partial charge on any atom is -0.481 e. The SMILES string of the molecule is CCNc1ccc(C(=O)Nc2nc(C)cc(OC)n2)nc1. The van der Waals surface area contributed by atoms with E-state index >= 15 is 0 Å². The highest BCUT2D eigenvalue weighted by Gasteiger charge is 2.10. The molecular formula is C14H17N5O2. The number of carbonyl (C=O) groups is 1. The Kier molecular flexibility index (Phi) is 4.65. The minimum absolute atomic E-state index is 0.189. The number of aromatic nitrogens is 3. The number of methoxy groups -OCH3 is 1. The Morgan fingerprint density at radius 1 is 1.33 bits per heavy atom. The van der Waals surface area contributed by atoms with Gasteiger partial charge in [-0.05, 0) is 26.0 Å². The molecule has 0 atom stereocenters. The normalized spacial score (nSPS) is 10.0. The van der Waals surface area contributed by atoms with E-state index in [1.54, 1.807) is 31.3 Å². The summed E-state index contributed by atoms with van der Waals surface area (Å²) in [7, 11) is 1.51. The van der Waals surface area contributed by atoms with Gasteiger partial charge < -0.3 is 10.1 Å². The quantitative estimate of drug-likeness (QED) is 0.872. The molecule has 0 aliphatic rings. The maximum absolute atomic E-state index is 12.1. The van der Waals surface area contributed by atoms with Gasteiger partial charge in [0.25, 0.3) is 5.91 Å². The highest BCUT2D eigenvalue weighted by molar-refractivity contribution is 6.01. The fourth-order valence-corrected chi connectivity index (χ4v) is 1.70. The van der Waals surface area contributed by atoms with Crippen LogP contribution in [0.3, 0.4) is 0 Å². The molecule has 0 aromatic carbocycles. The monoisotopic (exact) mass is 287 g/mol. The molecule has 0 unspecified atom stereocenters. The van der Waals surface area contributed by atoms with Gasteiger partial charge in [0.1, 0.15) is 5.69 Å². The molecule has 7 nitrogen and oxygen atoms in total. The molecule has 2 aromatic heterocycles. The molecule has 2 N–H and O–H groups in total. The Morgan fingerprint density at radius 2 is 2.14 bits per heavy atom. The average molecular weight is 287 g/mol. The van der Waals surface area contributed by atoms with Crippen LogP contribution in [-0.2, 0) is 0 Å².